The van der Waals surface area contributed by atoms with Gasteiger partial charge in [-0.05, 0) is 41.8 Å². The average Bonchev–Trinajstić information content (AvgIpc) is 2.46. The fourth-order valence-corrected chi connectivity index (χ4v) is 2.50. The summed E-state index contributed by atoms with van der Waals surface area (Å²) in [6.07, 6.45) is 0.545. The van der Waals surface area contributed by atoms with Crippen LogP contribution in [0.25, 0.3) is 0 Å². The molecule has 4 heteroatoms. The summed E-state index contributed by atoms with van der Waals surface area (Å²) < 4.78 is 0. The third-order valence-corrected chi connectivity index (χ3v) is 3.58. The molecule has 0 saturated carbocycles. The highest BCUT2D eigenvalue weighted by Crippen LogP contribution is 2.29. The Labute approximate surface area is 127 Å². The molecule has 2 aromatic rings. The van der Waals surface area contributed by atoms with Crippen molar-refractivity contribution in [3.63, 3.8) is 0 Å². The minimum absolute atomic E-state index is 0.340. The van der Waals surface area contributed by atoms with Gasteiger partial charge in [0, 0.05) is 10.0 Å². The molecule has 0 spiro atoms. The predicted octanol–water partition coefficient (Wildman–Crippen LogP) is 4.71. The van der Waals surface area contributed by atoms with Gasteiger partial charge in [0.25, 0.3) is 0 Å². The van der Waals surface area contributed by atoms with E-state index >= 15 is 0 Å². The van der Waals surface area contributed by atoms with Crippen molar-refractivity contribution in [1.29, 1.82) is 10.5 Å². The lowest BCUT2D eigenvalue weighted by Gasteiger charge is -2.11. The quantitative estimate of drug-likeness (QED) is 0.824. The first-order valence-electron chi connectivity index (χ1n) is 5.97. The van der Waals surface area contributed by atoms with Crippen molar-refractivity contribution in [1.82, 2.24) is 0 Å². The molecule has 2 aromatic carbocycles. The van der Waals surface area contributed by atoms with E-state index in [2.05, 4.69) is 12.1 Å². The maximum atomic E-state index is 9.34. The Kier molecular flexibility index (Phi) is 4.64. The van der Waals surface area contributed by atoms with Gasteiger partial charge >= 0.3 is 0 Å². The molecule has 0 aromatic heterocycles. The monoisotopic (exact) mass is 300 g/mol. The normalized spacial score (nSPS) is 11.4. The molecule has 1 unspecified atom stereocenters. The lowest BCUT2D eigenvalue weighted by Crippen LogP contribution is -2.01. The number of nitrogens with zero attached hydrogens (tertiary/aromatic N) is 2. The zero-order valence-corrected chi connectivity index (χ0v) is 12.0. The molecule has 2 rings (SSSR count). The highest BCUT2D eigenvalue weighted by Gasteiger charge is 2.15. The van der Waals surface area contributed by atoms with E-state index in [9.17, 15) is 5.26 Å². The molecular weight excluding hydrogens is 291 g/mol. The first-order valence-corrected chi connectivity index (χ1v) is 6.73. The fraction of sp³-hybridized carbons (Fsp3) is 0.125. The number of halogens is 2. The summed E-state index contributed by atoms with van der Waals surface area (Å²) in [6, 6.07) is 16.7. The molecule has 98 valence electrons. The Morgan fingerprint density at radius 1 is 1.00 bits per heavy atom. The largest absolute Gasteiger partial charge is 0.198 e. The van der Waals surface area contributed by atoms with Crippen LogP contribution in [0, 0.1) is 22.7 Å². The molecule has 0 aliphatic heterocycles. The molecule has 0 aliphatic carbocycles. The minimum Gasteiger partial charge on any atom is -0.198 e. The summed E-state index contributed by atoms with van der Waals surface area (Å²) in [5, 5.41) is 19.2. The van der Waals surface area contributed by atoms with Gasteiger partial charge in [-0.15, -0.1) is 0 Å². The van der Waals surface area contributed by atoms with Crippen LogP contribution in [-0.2, 0) is 6.42 Å². The van der Waals surface area contributed by atoms with Gasteiger partial charge in [0.2, 0.25) is 0 Å². The molecule has 0 radical (unpaired) electrons. The van der Waals surface area contributed by atoms with E-state index in [1.165, 1.54) is 0 Å². The van der Waals surface area contributed by atoms with Crippen molar-refractivity contribution in [2.45, 2.75) is 12.3 Å². The topological polar surface area (TPSA) is 47.6 Å². The van der Waals surface area contributed by atoms with Crippen molar-refractivity contribution in [3.8, 4) is 12.1 Å². The van der Waals surface area contributed by atoms with Crippen LogP contribution in [0.2, 0.25) is 10.0 Å². The van der Waals surface area contributed by atoms with E-state index in [4.69, 9.17) is 28.5 Å². The molecule has 20 heavy (non-hydrogen) atoms. The van der Waals surface area contributed by atoms with E-state index in [1.807, 2.05) is 12.1 Å². The van der Waals surface area contributed by atoms with Gasteiger partial charge in [-0.1, -0.05) is 41.4 Å². The van der Waals surface area contributed by atoms with Gasteiger partial charge in [0.1, 0.15) is 0 Å². The second-order valence-corrected chi connectivity index (χ2v) is 5.20. The number of hydrogen-bond donors (Lipinski definition) is 0. The number of nitriles is 2. The Morgan fingerprint density at radius 2 is 1.70 bits per heavy atom. The van der Waals surface area contributed by atoms with Crippen molar-refractivity contribution < 1.29 is 0 Å². The standard InChI is InChI=1S/C16H10Cl2N2/c17-14-5-6-15(16(18)8-14)13(10-20)7-11-1-3-12(9-19)4-2-11/h1-6,8,13H,7H2. The van der Waals surface area contributed by atoms with Gasteiger partial charge in [-0.25, -0.2) is 0 Å². The van der Waals surface area contributed by atoms with Crippen LogP contribution in [0.5, 0.6) is 0 Å². The Bertz CT molecular complexity index is 694. The molecule has 0 fully saturated rings. The number of rotatable bonds is 3. The molecule has 2 nitrogen and oxygen atoms in total. The van der Waals surface area contributed by atoms with Crippen molar-refractivity contribution >= 4 is 23.2 Å². The average molecular weight is 301 g/mol. The summed E-state index contributed by atoms with van der Waals surface area (Å²) in [5.41, 5.74) is 2.36. The summed E-state index contributed by atoms with van der Waals surface area (Å²) in [6.45, 7) is 0. The Balaban J connectivity index is 2.25. The second-order valence-electron chi connectivity index (χ2n) is 4.36. The zero-order chi connectivity index (χ0) is 14.5. The summed E-state index contributed by atoms with van der Waals surface area (Å²) in [4.78, 5) is 0. The second kappa shape index (κ2) is 6.44. The van der Waals surface area contributed by atoms with Crippen molar-refractivity contribution in [2.75, 3.05) is 0 Å². The lowest BCUT2D eigenvalue weighted by molar-refractivity contribution is 0.849. The molecular formula is C16H10Cl2N2. The van der Waals surface area contributed by atoms with Gasteiger partial charge < -0.3 is 0 Å². The lowest BCUT2D eigenvalue weighted by atomic mass is 9.93. The molecule has 1 atom stereocenters. The van der Waals surface area contributed by atoms with Gasteiger partial charge in [-0.3, -0.25) is 0 Å². The van der Waals surface area contributed by atoms with E-state index in [-0.39, 0.29) is 5.92 Å². The van der Waals surface area contributed by atoms with E-state index < -0.39 is 0 Å². The van der Waals surface area contributed by atoms with Crippen LogP contribution in [-0.4, -0.2) is 0 Å². The first-order chi connectivity index (χ1) is 9.63. The molecule has 0 saturated heterocycles. The molecule has 0 aliphatic rings. The molecule has 0 amide bonds. The van der Waals surface area contributed by atoms with Crippen LogP contribution in [0.3, 0.4) is 0 Å². The summed E-state index contributed by atoms with van der Waals surface area (Å²) >= 11 is 12.0. The summed E-state index contributed by atoms with van der Waals surface area (Å²) in [5.74, 6) is -0.340. The number of benzene rings is 2. The highest BCUT2D eigenvalue weighted by atomic mass is 35.5. The molecule has 0 N–H and O–H groups in total. The SMILES string of the molecule is N#Cc1ccc(CC(C#N)c2ccc(Cl)cc2Cl)cc1. The van der Waals surface area contributed by atoms with Gasteiger partial charge in [0.15, 0.2) is 0 Å². The van der Waals surface area contributed by atoms with Crippen molar-refractivity contribution in [2.24, 2.45) is 0 Å². The maximum absolute atomic E-state index is 9.34. The first kappa shape index (κ1) is 14.4. The van der Waals surface area contributed by atoms with Crippen molar-refractivity contribution in [3.05, 3.63) is 69.2 Å². The third kappa shape index (κ3) is 3.31. The predicted molar refractivity (Wildman–Crippen MR) is 79.7 cm³/mol. The Hall–Kier alpha value is -2.00. The van der Waals surface area contributed by atoms with Crippen LogP contribution in [0.1, 0.15) is 22.6 Å². The number of hydrogen-bond acceptors (Lipinski definition) is 2. The van der Waals surface area contributed by atoms with Crippen LogP contribution >= 0.6 is 23.2 Å². The molecule has 0 heterocycles. The molecule has 0 bridgehead atoms. The maximum Gasteiger partial charge on any atom is 0.0991 e. The summed E-state index contributed by atoms with van der Waals surface area (Å²) in [7, 11) is 0. The van der Waals surface area contributed by atoms with Crippen LogP contribution in [0.4, 0.5) is 0 Å². The van der Waals surface area contributed by atoms with E-state index in [0.717, 1.165) is 11.1 Å². The minimum atomic E-state index is -0.340. The third-order valence-electron chi connectivity index (χ3n) is 3.02. The van der Waals surface area contributed by atoms with E-state index in [0.29, 0.717) is 22.0 Å². The van der Waals surface area contributed by atoms with Crippen LogP contribution < -0.4 is 0 Å². The van der Waals surface area contributed by atoms with E-state index in [1.54, 1.807) is 30.3 Å². The smallest absolute Gasteiger partial charge is 0.0991 e. The van der Waals surface area contributed by atoms with Gasteiger partial charge in [0.05, 0.1) is 23.6 Å². The highest BCUT2D eigenvalue weighted by molar-refractivity contribution is 6.35. The van der Waals surface area contributed by atoms with Crippen LogP contribution in [0.15, 0.2) is 42.5 Å². The zero-order valence-electron chi connectivity index (χ0n) is 10.5. The Morgan fingerprint density at radius 3 is 2.25 bits per heavy atom. The fourth-order valence-electron chi connectivity index (χ4n) is 1.96. The van der Waals surface area contributed by atoms with Gasteiger partial charge in [-0.2, -0.15) is 10.5 Å².